The number of hydrogen-bond donors (Lipinski definition) is 1. The summed E-state index contributed by atoms with van der Waals surface area (Å²) in [6.07, 6.45) is 0. The molecule has 2 aromatic heterocycles. The summed E-state index contributed by atoms with van der Waals surface area (Å²) in [6.45, 7) is 1.89. The Balaban J connectivity index is 1.70. The van der Waals surface area contributed by atoms with E-state index < -0.39 is 0 Å². The second-order valence-electron chi connectivity index (χ2n) is 4.55. The molecule has 21 heavy (non-hydrogen) atoms. The molecule has 0 unspecified atom stereocenters. The summed E-state index contributed by atoms with van der Waals surface area (Å²) in [7, 11) is 0. The van der Waals surface area contributed by atoms with E-state index in [0.29, 0.717) is 16.7 Å². The summed E-state index contributed by atoms with van der Waals surface area (Å²) in [5.74, 6) is 1.88. The van der Waals surface area contributed by atoms with Crippen molar-refractivity contribution >= 4 is 17.6 Å². The van der Waals surface area contributed by atoms with Gasteiger partial charge in [0.25, 0.3) is 0 Å². The second-order valence-corrected chi connectivity index (χ2v) is 5.50. The fraction of sp³-hybridized carbons (Fsp3) is 0.133. The summed E-state index contributed by atoms with van der Waals surface area (Å²) >= 11 is 1.49. The van der Waals surface area contributed by atoms with Gasteiger partial charge in [-0.2, -0.15) is 0 Å². The molecule has 0 atom stereocenters. The Hall–Kier alpha value is -2.34. The lowest BCUT2D eigenvalue weighted by molar-refractivity contribution is 0.426. The average Bonchev–Trinajstić information content (AvgIpc) is 2.94. The molecule has 6 heteroatoms. The molecule has 106 valence electrons. The van der Waals surface area contributed by atoms with Crippen molar-refractivity contribution in [3.05, 3.63) is 53.9 Å². The van der Waals surface area contributed by atoms with Gasteiger partial charge in [-0.15, -0.1) is 0 Å². The van der Waals surface area contributed by atoms with Crippen LogP contribution in [-0.4, -0.2) is 15.1 Å². The minimum absolute atomic E-state index is 0.482. The highest BCUT2D eigenvalue weighted by atomic mass is 32.2. The van der Waals surface area contributed by atoms with Gasteiger partial charge in [-0.05, 0) is 6.92 Å². The van der Waals surface area contributed by atoms with Crippen molar-refractivity contribution in [2.75, 3.05) is 5.73 Å². The quantitative estimate of drug-likeness (QED) is 0.588. The fourth-order valence-corrected chi connectivity index (χ4v) is 2.68. The average molecular weight is 298 g/mol. The van der Waals surface area contributed by atoms with E-state index in [2.05, 4.69) is 15.1 Å². The largest absolute Gasteiger partial charge is 0.384 e. The molecule has 2 heterocycles. The molecule has 0 spiro atoms. The van der Waals surface area contributed by atoms with Crippen molar-refractivity contribution in [3.63, 3.8) is 0 Å². The molecule has 5 nitrogen and oxygen atoms in total. The number of aromatic nitrogens is 3. The van der Waals surface area contributed by atoms with Crippen LogP contribution in [-0.2, 0) is 5.75 Å². The van der Waals surface area contributed by atoms with Gasteiger partial charge >= 0.3 is 0 Å². The number of nitrogens with two attached hydrogens (primary N) is 1. The molecule has 1 aromatic carbocycles. The van der Waals surface area contributed by atoms with Crippen LogP contribution in [0.15, 0.2) is 52.1 Å². The highest BCUT2D eigenvalue weighted by Gasteiger charge is 2.08. The lowest BCUT2D eigenvalue weighted by Gasteiger charge is -2.00. The van der Waals surface area contributed by atoms with E-state index in [1.54, 1.807) is 6.07 Å². The molecule has 0 radical (unpaired) electrons. The van der Waals surface area contributed by atoms with E-state index in [1.807, 2.05) is 43.3 Å². The monoisotopic (exact) mass is 298 g/mol. The maximum absolute atomic E-state index is 5.71. The molecule has 0 fully saturated rings. The number of hydrogen-bond acceptors (Lipinski definition) is 6. The maximum atomic E-state index is 5.71. The van der Waals surface area contributed by atoms with Crippen molar-refractivity contribution in [1.82, 2.24) is 15.1 Å². The zero-order valence-electron chi connectivity index (χ0n) is 11.5. The van der Waals surface area contributed by atoms with Crippen molar-refractivity contribution in [1.29, 1.82) is 0 Å². The normalized spacial score (nSPS) is 10.7. The summed E-state index contributed by atoms with van der Waals surface area (Å²) in [4.78, 5) is 8.51. The summed E-state index contributed by atoms with van der Waals surface area (Å²) in [6, 6.07) is 13.6. The number of aryl methyl sites for hydroxylation is 1. The fourth-order valence-electron chi connectivity index (χ4n) is 1.89. The molecular formula is C15H14N4OS. The molecule has 0 aliphatic heterocycles. The Kier molecular flexibility index (Phi) is 3.87. The number of anilines is 1. The number of thioether (sulfide) groups is 1. The minimum Gasteiger partial charge on any atom is -0.384 e. The van der Waals surface area contributed by atoms with Crippen LogP contribution in [0.5, 0.6) is 0 Å². The molecule has 0 saturated carbocycles. The highest BCUT2D eigenvalue weighted by Crippen LogP contribution is 2.24. The number of nitrogens with zero attached hydrogens (tertiary/aromatic N) is 3. The van der Waals surface area contributed by atoms with Crippen LogP contribution in [0.25, 0.3) is 11.3 Å². The van der Waals surface area contributed by atoms with Gasteiger partial charge in [-0.1, -0.05) is 47.3 Å². The molecular weight excluding hydrogens is 284 g/mol. The van der Waals surface area contributed by atoms with E-state index in [1.165, 1.54) is 11.8 Å². The van der Waals surface area contributed by atoms with Crippen LogP contribution in [0.4, 0.5) is 5.82 Å². The Morgan fingerprint density at radius 1 is 1.14 bits per heavy atom. The lowest BCUT2D eigenvalue weighted by Crippen LogP contribution is -1.96. The van der Waals surface area contributed by atoms with Crippen molar-refractivity contribution in [3.8, 4) is 11.3 Å². The molecule has 3 rings (SSSR count). The Labute approximate surface area is 126 Å². The Morgan fingerprint density at radius 3 is 2.71 bits per heavy atom. The van der Waals surface area contributed by atoms with Gasteiger partial charge in [0.1, 0.15) is 5.82 Å². The first kappa shape index (κ1) is 13.6. The van der Waals surface area contributed by atoms with Crippen LogP contribution < -0.4 is 5.73 Å². The molecule has 0 amide bonds. The zero-order chi connectivity index (χ0) is 14.7. The number of benzene rings is 1. The molecule has 0 aliphatic rings. The Bertz CT molecular complexity index is 722. The van der Waals surface area contributed by atoms with Gasteiger partial charge in [0.05, 0.1) is 5.69 Å². The first-order valence-corrected chi connectivity index (χ1v) is 7.44. The third-order valence-corrected chi connectivity index (χ3v) is 3.70. The summed E-state index contributed by atoms with van der Waals surface area (Å²) in [5.41, 5.74) is 8.43. The van der Waals surface area contributed by atoms with E-state index in [9.17, 15) is 0 Å². The topological polar surface area (TPSA) is 77.8 Å². The molecule has 0 bridgehead atoms. The van der Waals surface area contributed by atoms with Gasteiger partial charge in [-0.25, -0.2) is 9.97 Å². The van der Waals surface area contributed by atoms with Crippen molar-refractivity contribution in [2.45, 2.75) is 17.8 Å². The third kappa shape index (κ3) is 3.41. The minimum atomic E-state index is 0.482. The predicted molar refractivity (Wildman–Crippen MR) is 82.7 cm³/mol. The van der Waals surface area contributed by atoms with Crippen LogP contribution in [0.1, 0.15) is 11.4 Å². The SMILES string of the molecule is Cc1cc(N)nc(SCc2cc(-c3ccccc3)on2)n1. The third-order valence-electron chi connectivity index (χ3n) is 2.82. The predicted octanol–water partition coefficient (Wildman–Crippen LogP) is 3.31. The van der Waals surface area contributed by atoms with Crippen LogP contribution in [0.3, 0.4) is 0 Å². The van der Waals surface area contributed by atoms with Crippen LogP contribution in [0, 0.1) is 6.92 Å². The van der Waals surface area contributed by atoms with Crippen LogP contribution in [0.2, 0.25) is 0 Å². The summed E-state index contributed by atoms with van der Waals surface area (Å²) in [5, 5.41) is 4.72. The maximum Gasteiger partial charge on any atom is 0.190 e. The van der Waals surface area contributed by atoms with E-state index in [-0.39, 0.29) is 0 Å². The van der Waals surface area contributed by atoms with Crippen molar-refractivity contribution in [2.24, 2.45) is 0 Å². The van der Waals surface area contributed by atoms with E-state index >= 15 is 0 Å². The Morgan fingerprint density at radius 2 is 1.95 bits per heavy atom. The first-order valence-electron chi connectivity index (χ1n) is 6.46. The van der Waals surface area contributed by atoms with Gasteiger partial charge in [0.15, 0.2) is 10.9 Å². The smallest absolute Gasteiger partial charge is 0.190 e. The van der Waals surface area contributed by atoms with Crippen LogP contribution >= 0.6 is 11.8 Å². The van der Waals surface area contributed by atoms with E-state index in [0.717, 1.165) is 22.7 Å². The van der Waals surface area contributed by atoms with Gasteiger partial charge in [0.2, 0.25) is 0 Å². The number of rotatable bonds is 4. The first-order chi connectivity index (χ1) is 10.2. The lowest BCUT2D eigenvalue weighted by atomic mass is 10.2. The molecule has 3 aromatic rings. The summed E-state index contributed by atoms with van der Waals surface area (Å²) < 4.78 is 5.36. The standard InChI is InChI=1S/C15H14N4OS/c1-10-7-14(16)18-15(17-10)21-9-12-8-13(20-19-12)11-5-3-2-4-6-11/h2-8H,9H2,1H3,(H2,16,17,18). The second kappa shape index (κ2) is 5.97. The molecule has 0 aliphatic carbocycles. The van der Waals surface area contributed by atoms with Gasteiger partial charge in [-0.3, -0.25) is 0 Å². The van der Waals surface area contributed by atoms with E-state index in [4.69, 9.17) is 10.3 Å². The zero-order valence-corrected chi connectivity index (χ0v) is 12.3. The van der Waals surface area contributed by atoms with Gasteiger partial charge in [0, 0.05) is 29.1 Å². The molecule has 2 N–H and O–H groups in total. The molecule has 0 saturated heterocycles. The van der Waals surface area contributed by atoms with Gasteiger partial charge < -0.3 is 10.3 Å². The van der Waals surface area contributed by atoms with Crippen molar-refractivity contribution < 1.29 is 4.52 Å². The highest BCUT2D eigenvalue weighted by molar-refractivity contribution is 7.98. The number of nitrogen functional groups attached to an aromatic ring is 1.